The van der Waals surface area contributed by atoms with Crippen LogP contribution in [0.2, 0.25) is 0 Å². The number of carbonyl (C=O) groups is 1. The molecule has 0 saturated heterocycles. The van der Waals surface area contributed by atoms with Crippen LogP contribution in [0.15, 0.2) is 53.6 Å². The van der Waals surface area contributed by atoms with Gasteiger partial charge in [0.25, 0.3) is 11.6 Å². The van der Waals surface area contributed by atoms with Gasteiger partial charge in [-0.05, 0) is 22.3 Å². The standard InChI is InChI=1S/C16H11N5O3/c1-20-13-8-7-11(21(23)24)9-12(13)14(10-5-3-2-4-6-10)15(20)16(22)18-19-17/h2-9H,1H3. The first-order chi connectivity index (χ1) is 11.5. The van der Waals surface area contributed by atoms with Crippen molar-refractivity contribution in [3.8, 4) is 11.1 Å². The van der Waals surface area contributed by atoms with Gasteiger partial charge in [0.15, 0.2) is 0 Å². The Hall–Kier alpha value is -3.64. The van der Waals surface area contributed by atoms with Crippen LogP contribution in [0, 0.1) is 10.1 Å². The van der Waals surface area contributed by atoms with E-state index in [2.05, 4.69) is 10.0 Å². The van der Waals surface area contributed by atoms with Crippen LogP contribution >= 0.6 is 0 Å². The summed E-state index contributed by atoms with van der Waals surface area (Å²) in [7, 11) is 1.65. The number of nitrogens with zero attached hydrogens (tertiary/aromatic N) is 5. The number of amides is 1. The quantitative estimate of drug-likeness (QED) is 0.236. The van der Waals surface area contributed by atoms with Crippen LogP contribution in [0.25, 0.3) is 32.5 Å². The van der Waals surface area contributed by atoms with Crippen LogP contribution in [-0.2, 0) is 7.05 Å². The molecule has 0 unspecified atom stereocenters. The summed E-state index contributed by atoms with van der Waals surface area (Å²) in [6, 6.07) is 13.4. The predicted molar refractivity (Wildman–Crippen MR) is 88.5 cm³/mol. The Labute approximate surface area is 135 Å². The fourth-order valence-corrected chi connectivity index (χ4v) is 2.78. The van der Waals surface area contributed by atoms with Gasteiger partial charge >= 0.3 is 0 Å². The summed E-state index contributed by atoms with van der Waals surface area (Å²) < 4.78 is 1.58. The molecule has 1 aromatic heterocycles. The van der Waals surface area contributed by atoms with Gasteiger partial charge in [-0.25, -0.2) is 0 Å². The van der Waals surface area contributed by atoms with E-state index < -0.39 is 10.8 Å². The Morgan fingerprint density at radius 1 is 1.25 bits per heavy atom. The molecule has 118 valence electrons. The van der Waals surface area contributed by atoms with Crippen LogP contribution in [-0.4, -0.2) is 15.4 Å². The maximum atomic E-state index is 12.3. The summed E-state index contributed by atoms with van der Waals surface area (Å²) in [5, 5.41) is 14.8. The van der Waals surface area contributed by atoms with Crippen LogP contribution in [0.1, 0.15) is 10.5 Å². The fraction of sp³-hybridized carbons (Fsp3) is 0.0625. The van der Waals surface area contributed by atoms with Crippen molar-refractivity contribution in [2.45, 2.75) is 0 Å². The molecule has 0 atom stereocenters. The highest BCUT2D eigenvalue weighted by molar-refractivity contribution is 6.11. The van der Waals surface area contributed by atoms with Crippen LogP contribution in [0.4, 0.5) is 5.69 Å². The van der Waals surface area contributed by atoms with Crippen molar-refractivity contribution >= 4 is 22.5 Å². The van der Waals surface area contributed by atoms with Gasteiger partial charge < -0.3 is 4.57 Å². The topological polar surface area (TPSA) is 114 Å². The number of aryl methyl sites for hydroxylation is 1. The lowest BCUT2D eigenvalue weighted by Gasteiger charge is -2.04. The number of non-ortho nitro benzene ring substituents is 1. The van der Waals surface area contributed by atoms with E-state index in [0.29, 0.717) is 22.0 Å². The minimum Gasteiger partial charge on any atom is -0.341 e. The van der Waals surface area contributed by atoms with Crippen molar-refractivity contribution in [3.05, 3.63) is 74.8 Å². The number of fused-ring (bicyclic) bond motifs is 1. The molecular weight excluding hydrogens is 310 g/mol. The second-order valence-corrected chi connectivity index (χ2v) is 5.10. The van der Waals surface area contributed by atoms with Gasteiger partial charge in [0.1, 0.15) is 5.69 Å². The molecular formula is C16H11N5O3. The van der Waals surface area contributed by atoms with Gasteiger partial charge in [0.2, 0.25) is 0 Å². The molecule has 0 fully saturated rings. The number of hydrogen-bond donors (Lipinski definition) is 0. The summed E-state index contributed by atoms with van der Waals surface area (Å²) in [4.78, 5) is 25.4. The molecule has 1 heterocycles. The van der Waals surface area contributed by atoms with Gasteiger partial charge in [-0.1, -0.05) is 30.3 Å². The number of carbonyl (C=O) groups excluding carboxylic acids is 1. The summed E-state index contributed by atoms with van der Waals surface area (Å²) in [5.74, 6) is -0.738. The van der Waals surface area contributed by atoms with Crippen molar-refractivity contribution in [1.29, 1.82) is 0 Å². The van der Waals surface area contributed by atoms with Gasteiger partial charge in [-0.15, -0.1) is 0 Å². The van der Waals surface area contributed by atoms with Crippen molar-refractivity contribution in [2.75, 3.05) is 0 Å². The van der Waals surface area contributed by atoms with E-state index in [1.54, 1.807) is 41.9 Å². The molecule has 0 aliphatic heterocycles. The Morgan fingerprint density at radius 2 is 1.96 bits per heavy atom. The maximum absolute atomic E-state index is 12.3. The number of rotatable bonds is 3. The fourth-order valence-electron chi connectivity index (χ4n) is 2.78. The third-order valence-corrected chi connectivity index (χ3v) is 3.79. The average molecular weight is 321 g/mol. The molecule has 0 bridgehead atoms. The first-order valence-corrected chi connectivity index (χ1v) is 6.96. The van der Waals surface area contributed by atoms with Gasteiger partial charge in [0, 0.05) is 40.6 Å². The van der Waals surface area contributed by atoms with Crippen molar-refractivity contribution in [3.63, 3.8) is 0 Å². The van der Waals surface area contributed by atoms with Crippen LogP contribution < -0.4 is 0 Å². The molecule has 0 radical (unpaired) electrons. The van der Waals surface area contributed by atoms with E-state index in [1.807, 2.05) is 6.07 Å². The highest BCUT2D eigenvalue weighted by Gasteiger charge is 2.23. The van der Waals surface area contributed by atoms with E-state index >= 15 is 0 Å². The highest BCUT2D eigenvalue weighted by Crippen LogP contribution is 2.36. The number of hydrogen-bond acceptors (Lipinski definition) is 3. The molecule has 0 spiro atoms. The monoisotopic (exact) mass is 321 g/mol. The van der Waals surface area contributed by atoms with Crippen molar-refractivity contribution < 1.29 is 9.72 Å². The van der Waals surface area contributed by atoms with E-state index in [1.165, 1.54) is 12.1 Å². The number of benzene rings is 2. The molecule has 8 nitrogen and oxygen atoms in total. The Bertz CT molecular complexity index is 1020. The lowest BCUT2D eigenvalue weighted by molar-refractivity contribution is -0.384. The summed E-state index contributed by atoms with van der Waals surface area (Å²) in [6.45, 7) is 0. The third kappa shape index (κ3) is 2.37. The number of nitro groups is 1. The van der Waals surface area contributed by atoms with E-state index in [4.69, 9.17) is 5.53 Å². The van der Waals surface area contributed by atoms with Gasteiger partial charge in [0.05, 0.1) is 4.92 Å². The van der Waals surface area contributed by atoms with E-state index in [9.17, 15) is 14.9 Å². The van der Waals surface area contributed by atoms with E-state index in [0.717, 1.165) is 0 Å². The molecule has 24 heavy (non-hydrogen) atoms. The van der Waals surface area contributed by atoms with Crippen molar-refractivity contribution in [1.82, 2.24) is 4.57 Å². The Balaban J connectivity index is 2.45. The molecule has 8 heteroatoms. The normalized spacial score (nSPS) is 10.4. The molecule has 0 aliphatic rings. The molecule has 0 N–H and O–H groups in total. The molecule has 1 amide bonds. The SMILES string of the molecule is Cn1c(C(=O)N=[N+]=[N-])c(-c2ccccc2)c2cc([N+](=O)[O-])ccc21. The van der Waals surface area contributed by atoms with Gasteiger partial charge in [-0.3, -0.25) is 14.9 Å². The van der Waals surface area contributed by atoms with Crippen molar-refractivity contribution in [2.24, 2.45) is 12.2 Å². The molecule has 2 aromatic carbocycles. The first-order valence-electron chi connectivity index (χ1n) is 6.96. The third-order valence-electron chi connectivity index (χ3n) is 3.79. The van der Waals surface area contributed by atoms with Gasteiger partial charge in [-0.2, -0.15) is 0 Å². The van der Waals surface area contributed by atoms with E-state index in [-0.39, 0.29) is 11.4 Å². The second kappa shape index (κ2) is 5.86. The number of azide groups is 1. The summed E-state index contributed by atoms with van der Waals surface area (Å²) in [5.41, 5.74) is 10.5. The minimum atomic E-state index is -0.738. The average Bonchev–Trinajstić information content (AvgIpc) is 2.88. The molecule has 0 saturated carbocycles. The largest absolute Gasteiger partial charge is 0.341 e. The zero-order valence-corrected chi connectivity index (χ0v) is 12.6. The van der Waals surface area contributed by atoms with Crippen LogP contribution in [0.3, 0.4) is 0 Å². The zero-order chi connectivity index (χ0) is 17.3. The highest BCUT2D eigenvalue weighted by atomic mass is 16.6. The smallest absolute Gasteiger partial charge is 0.270 e. The minimum absolute atomic E-state index is 0.0759. The Morgan fingerprint density at radius 3 is 2.58 bits per heavy atom. The zero-order valence-electron chi connectivity index (χ0n) is 12.6. The molecule has 0 aliphatic carbocycles. The second-order valence-electron chi connectivity index (χ2n) is 5.10. The van der Waals surface area contributed by atoms with Crippen LogP contribution in [0.5, 0.6) is 0 Å². The predicted octanol–water partition coefficient (Wildman–Crippen LogP) is 4.20. The maximum Gasteiger partial charge on any atom is 0.270 e. The number of aromatic nitrogens is 1. The lowest BCUT2D eigenvalue weighted by Crippen LogP contribution is -2.04. The molecule has 3 rings (SSSR count). The summed E-state index contributed by atoms with van der Waals surface area (Å²) in [6.07, 6.45) is 0. The first kappa shape index (κ1) is 15.3. The summed E-state index contributed by atoms with van der Waals surface area (Å²) >= 11 is 0. The number of nitro benzene ring substituents is 1. The Kier molecular flexibility index (Phi) is 3.73. The molecule has 3 aromatic rings. The lowest BCUT2D eigenvalue weighted by atomic mass is 10.0.